The van der Waals surface area contributed by atoms with Crippen molar-refractivity contribution in [3.8, 4) is 5.69 Å². The second kappa shape index (κ2) is 10.3. The summed E-state index contributed by atoms with van der Waals surface area (Å²) >= 11 is 1.31. The monoisotopic (exact) mass is 512 g/mol. The highest BCUT2D eigenvalue weighted by atomic mass is 32.2. The molecule has 0 aliphatic carbocycles. The summed E-state index contributed by atoms with van der Waals surface area (Å²) in [6, 6.07) is 8.72. The molecule has 0 aliphatic heterocycles. The van der Waals surface area contributed by atoms with Crippen molar-refractivity contribution in [2.24, 2.45) is 0 Å². The molecule has 3 aromatic rings. The van der Waals surface area contributed by atoms with E-state index in [0.717, 1.165) is 10.5 Å². The van der Waals surface area contributed by atoms with E-state index >= 15 is 0 Å². The SMILES string of the molecule is CCc1ccccc1-n1c(=O)cc(N(C(=O)OC(C)(C)C)C(=O)OC(C)(C)C)c2cnc(SC)nc21. The molecule has 1 aromatic carbocycles. The van der Waals surface area contributed by atoms with Crippen LogP contribution in [0.25, 0.3) is 16.7 Å². The molecule has 0 unspecified atom stereocenters. The number of rotatable bonds is 4. The molecule has 0 spiro atoms. The fraction of sp³-hybridized carbons (Fsp3) is 0.423. The number of carbonyl (C=O) groups excluding carboxylic acids is 2. The van der Waals surface area contributed by atoms with E-state index in [1.807, 2.05) is 37.4 Å². The average Bonchev–Trinajstić information content (AvgIpc) is 2.76. The number of thioether (sulfide) groups is 1. The lowest BCUT2D eigenvalue weighted by molar-refractivity contribution is 0.0431. The van der Waals surface area contributed by atoms with Crippen LogP contribution in [0.15, 0.2) is 46.5 Å². The topological polar surface area (TPSA) is 104 Å². The van der Waals surface area contributed by atoms with E-state index in [1.165, 1.54) is 28.6 Å². The van der Waals surface area contributed by atoms with Crippen LogP contribution in [0.3, 0.4) is 0 Å². The van der Waals surface area contributed by atoms with Gasteiger partial charge in [-0.1, -0.05) is 36.9 Å². The third-order valence-electron chi connectivity index (χ3n) is 4.90. The standard InChI is InChI=1S/C26H32N4O5S/c1-9-16-12-10-11-13-18(16)29-20(31)14-19(17-15-27-22(36-8)28-21(17)29)30(23(32)34-25(2,3)4)24(33)35-26(5,6)7/h10-15H,9H2,1-8H3. The quantitative estimate of drug-likeness (QED) is 0.322. The first kappa shape index (κ1) is 27.2. The molecule has 36 heavy (non-hydrogen) atoms. The Morgan fingerprint density at radius 2 is 1.61 bits per heavy atom. The highest BCUT2D eigenvalue weighted by Crippen LogP contribution is 2.30. The molecule has 3 rings (SSSR count). The van der Waals surface area contributed by atoms with Crippen LogP contribution in [0, 0.1) is 0 Å². The van der Waals surface area contributed by atoms with Gasteiger partial charge >= 0.3 is 12.2 Å². The molecule has 0 saturated heterocycles. The number of amides is 2. The predicted molar refractivity (Wildman–Crippen MR) is 141 cm³/mol. The van der Waals surface area contributed by atoms with Gasteiger partial charge in [0.25, 0.3) is 5.56 Å². The predicted octanol–water partition coefficient (Wildman–Crippen LogP) is 5.74. The fourth-order valence-corrected chi connectivity index (χ4v) is 3.84. The van der Waals surface area contributed by atoms with Crippen LogP contribution in [0.4, 0.5) is 15.3 Å². The van der Waals surface area contributed by atoms with Crippen LogP contribution < -0.4 is 10.5 Å². The van der Waals surface area contributed by atoms with Crippen LogP contribution >= 0.6 is 11.8 Å². The first-order valence-corrected chi connectivity index (χ1v) is 12.8. The van der Waals surface area contributed by atoms with Crippen molar-refractivity contribution in [3.05, 3.63) is 52.4 Å². The maximum atomic E-state index is 13.6. The molecule has 9 nitrogen and oxygen atoms in total. The summed E-state index contributed by atoms with van der Waals surface area (Å²) in [4.78, 5) is 49.8. The van der Waals surface area contributed by atoms with Crippen LogP contribution in [-0.2, 0) is 15.9 Å². The third kappa shape index (κ3) is 6.04. The number of nitrogens with zero attached hydrogens (tertiary/aromatic N) is 4. The van der Waals surface area contributed by atoms with Crippen molar-refractivity contribution in [3.63, 3.8) is 0 Å². The molecule has 10 heteroatoms. The average molecular weight is 513 g/mol. The van der Waals surface area contributed by atoms with Crippen molar-refractivity contribution in [1.29, 1.82) is 0 Å². The minimum atomic E-state index is -0.974. The summed E-state index contributed by atoms with van der Waals surface area (Å²) in [5.41, 5.74) is -0.426. The Kier molecular flexibility index (Phi) is 7.78. The van der Waals surface area contributed by atoms with Crippen LogP contribution in [0.5, 0.6) is 0 Å². The molecular formula is C26H32N4O5S. The summed E-state index contributed by atoms with van der Waals surface area (Å²) in [7, 11) is 0. The maximum absolute atomic E-state index is 13.6. The van der Waals surface area contributed by atoms with Crippen molar-refractivity contribution in [2.45, 2.75) is 71.2 Å². The first-order valence-electron chi connectivity index (χ1n) is 11.6. The number of fused-ring (bicyclic) bond motifs is 1. The van der Waals surface area contributed by atoms with E-state index in [0.29, 0.717) is 22.7 Å². The summed E-state index contributed by atoms with van der Waals surface area (Å²) < 4.78 is 12.5. The number of pyridine rings is 1. The van der Waals surface area contributed by atoms with Gasteiger partial charge in [0.1, 0.15) is 11.2 Å². The van der Waals surface area contributed by atoms with Crippen molar-refractivity contribution in [1.82, 2.24) is 14.5 Å². The normalized spacial score (nSPS) is 11.9. The molecule has 0 aliphatic rings. The zero-order valence-corrected chi connectivity index (χ0v) is 22.7. The van der Waals surface area contributed by atoms with Gasteiger partial charge in [-0.2, -0.15) is 4.90 Å². The highest BCUT2D eigenvalue weighted by molar-refractivity contribution is 7.98. The van der Waals surface area contributed by atoms with Crippen LogP contribution in [0.2, 0.25) is 0 Å². The molecule has 2 aromatic heterocycles. The van der Waals surface area contributed by atoms with Gasteiger partial charge in [-0.05, 0) is 65.8 Å². The number of carbonyl (C=O) groups is 2. The summed E-state index contributed by atoms with van der Waals surface area (Å²) in [6.45, 7) is 12.1. The molecule has 0 saturated carbocycles. The van der Waals surface area contributed by atoms with Crippen molar-refractivity contribution >= 4 is 40.7 Å². The van der Waals surface area contributed by atoms with Gasteiger partial charge in [-0.15, -0.1) is 0 Å². The number of aromatic nitrogens is 3. The molecular weight excluding hydrogens is 480 g/mol. The summed E-state index contributed by atoms with van der Waals surface area (Å²) in [5.74, 6) is 0. The van der Waals surface area contributed by atoms with Gasteiger partial charge in [-0.3, -0.25) is 9.36 Å². The first-order chi connectivity index (χ1) is 16.8. The number of hydrogen-bond acceptors (Lipinski definition) is 8. The second-order valence-electron chi connectivity index (χ2n) is 10.1. The minimum absolute atomic E-state index is 0.0172. The number of benzene rings is 1. The Bertz CT molecular complexity index is 1330. The second-order valence-corrected chi connectivity index (χ2v) is 10.8. The lowest BCUT2D eigenvalue weighted by Gasteiger charge is -2.29. The fourth-order valence-electron chi connectivity index (χ4n) is 3.50. The number of hydrogen-bond donors (Lipinski definition) is 0. The largest absolute Gasteiger partial charge is 0.443 e. The molecule has 2 amide bonds. The van der Waals surface area contributed by atoms with Crippen molar-refractivity contribution < 1.29 is 19.1 Å². The zero-order valence-electron chi connectivity index (χ0n) is 21.9. The number of para-hydroxylation sites is 1. The minimum Gasteiger partial charge on any atom is -0.443 e. The maximum Gasteiger partial charge on any atom is 0.424 e. The third-order valence-corrected chi connectivity index (χ3v) is 5.47. The lowest BCUT2D eigenvalue weighted by Crippen LogP contribution is -2.44. The Labute approximate surface area is 214 Å². The number of ether oxygens (including phenoxy) is 2. The van der Waals surface area contributed by atoms with Crippen LogP contribution in [-0.4, -0.2) is 44.2 Å². The summed E-state index contributed by atoms with van der Waals surface area (Å²) in [5, 5.41) is 0.748. The smallest absolute Gasteiger partial charge is 0.424 e. The van der Waals surface area contributed by atoms with E-state index < -0.39 is 28.9 Å². The van der Waals surface area contributed by atoms with Gasteiger partial charge < -0.3 is 9.47 Å². The van der Waals surface area contributed by atoms with Gasteiger partial charge in [0, 0.05) is 12.3 Å². The number of aryl methyl sites for hydroxylation is 1. The highest BCUT2D eigenvalue weighted by Gasteiger charge is 2.35. The molecule has 2 heterocycles. The molecule has 0 radical (unpaired) electrons. The zero-order chi connectivity index (χ0) is 26.8. The van der Waals surface area contributed by atoms with E-state index in [2.05, 4.69) is 9.97 Å². The van der Waals surface area contributed by atoms with Crippen molar-refractivity contribution in [2.75, 3.05) is 11.2 Å². The van der Waals surface area contributed by atoms with E-state index in [1.54, 1.807) is 41.5 Å². The Morgan fingerprint density at radius 3 is 2.14 bits per heavy atom. The molecule has 0 atom stereocenters. The molecule has 0 fully saturated rings. The molecule has 0 N–H and O–H groups in total. The van der Waals surface area contributed by atoms with Gasteiger partial charge in [-0.25, -0.2) is 19.6 Å². The van der Waals surface area contributed by atoms with Gasteiger partial charge in [0.2, 0.25) is 0 Å². The molecule has 192 valence electrons. The lowest BCUT2D eigenvalue weighted by atomic mass is 10.1. The number of imide groups is 1. The van der Waals surface area contributed by atoms with E-state index in [-0.39, 0.29) is 11.3 Å². The van der Waals surface area contributed by atoms with Gasteiger partial charge in [0.15, 0.2) is 10.8 Å². The van der Waals surface area contributed by atoms with Crippen LogP contribution in [0.1, 0.15) is 54.0 Å². The van der Waals surface area contributed by atoms with E-state index in [4.69, 9.17) is 9.47 Å². The Morgan fingerprint density at radius 1 is 1.03 bits per heavy atom. The van der Waals surface area contributed by atoms with Gasteiger partial charge in [0.05, 0.1) is 16.8 Å². The Balaban J connectivity index is 2.37. The number of anilines is 1. The summed E-state index contributed by atoms with van der Waals surface area (Å²) in [6.07, 6.45) is 2.06. The van der Waals surface area contributed by atoms with E-state index in [9.17, 15) is 14.4 Å². The Hall–Kier alpha value is -3.40. The molecule has 0 bridgehead atoms.